The standard InChI is InChI=1S/C14H22BrN3O3/c1-20-8-7-18(6-5-14(16)17-19)10-11-9-12(21-2)3-4-13(11)15/h3-4,9,19H,5-8,10H2,1-2H3,(H2,16,17). The molecule has 0 saturated carbocycles. The van der Waals surface area contributed by atoms with Crippen molar-refractivity contribution in [3.63, 3.8) is 0 Å². The Kier molecular flexibility index (Phi) is 8.11. The summed E-state index contributed by atoms with van der Waals surface area (Å²) in [4.78, 5) is 2.18. The molecule has 21 heavy (non-hydrogen) atoms. The molecule has 0 aliphatic rings. The van der Waals surface area contributed by atoms with Crippen LogP contribution in [0.15, 0.2) is 27.8 Å². The van der Waals surface area contributed by atoms with Gasteiger partial charge in [0.15, 0.2) is 0 Å². The topological polar surface area (TPSA) is 80.3 Å². The van der Waals surface area contributed by atoms with Gasteiger partial charge in [-0.2, -0.15) is 0 Å². The summed E-state index contributed by atoms with van der Waals surface area (Å²) < 4.78 is 11.4. The Balaban J connectivity index is 2.74. The van der Waals surface area contributed by atoms with Crippen molar-refractivity contribution in [2.45, 2.75) is 13.0 Å². The van der Waals surface area contributed by atoms with E-state index in [2.05, 4.69) is 26.0 Å². The summed E-state index contributed by atoms with van der Waals surface area (Å²) in [6, 6.07) is 5.86. The number of hydrogen-bond donors (Lipinski definition) is 2. The van der Waals surface area contributed by atoms with E-state index in [0.29, 0.717) is 19.6 Å². The van der Waals surface area contributed by atoms with Gasteiger partial charge in [-0.05, 0) is 23.8 Å². The maximum absolute atomic E-state index is 8.62. The second-order valence-corrected chi connectivity index (χ2v) is 5.42. The van der Waals surface area contributed by atoms with Gasteiger partial charge in [-0.25, -0.2) is 0 Å². The molecule has 7 heteroatoms. The highest BCUT2D eigenvalue weighted by molar-refractivity contribution is 9.10. The smallest absolute Gasteiger partial charge is 0.140 e. The highest BCUT2D eigenvalue weighted by Crippen LogP contribution is 2.23. The SMILES string of the molecule is COCCN(CCC(N)=NO)Cc1cc(OC)ccc1Br. The summed E-state index contributed by atoms with van der Waals surface area (Å²) in [6.07, 6.45) is 0.502. The van der Waals surface area contributed by atoms with Gasteiger partial charge in [0.25, 0.3) is 0 Å². The van der Waals surface area contributed by atoms with Crippen molar-refractivity contribution in [1.29, 1.82) is 0 Å². The van der Waals surface area contributed by atoms with Crippen molar-refractivity contribution in [3.8, 4) is 5.75 Å². The number of nitrogens with two attached hydrogens (primary N) is 1. The molecular weight excluding hydrogens is 338 g/mol. The fraction of sp³-hybridized carbons (Fsp3) is 0.500. The highest BCUT2D eigenvalue weighted by Gasteiger charge is 2.10. The molecule has 1 aromatic carbocycles. The molecule has 0 atom stereocenters. The predicted octanol–water partition coefficient (Wildman–Crippen LogP) is 2.04. The number of rotatable bonds is 9. The molecule has 118 valence electrons. The molecule has 0 amide bonds. The number of benzene rings is 1. The maximum Gasteiger partial charge on any atom is 0.140 e. The average molecular weight is 360 g/mol. The quantitative estimate of drug-likeness (QED) is 0.305. The van der Waals surface area contributed by atoms with E-state index < -0.39 is 0 Å². The van der Waals surface area contributed by atoms with Crippen LogP contribution in [0, 0.1) is 0 Å². The molecule has 0 aliphatic carbocycles. The Morgan fingerprint density at radius 1 is 1.38 bits per heavy atom. The summed E-state index contributed by atoms with van der Waals surface area (Å²) in [7, 11) is 3.32. The zero-order chi connectivity index (χ0) is 15.7. The maximum atomic E-state index is 8.62. The molecule has 0 heterocycles. The molecule has 0 spiro atoms. The second kappa shape index (κ2) is 9.59. The van der Waals surface area contributed by atoms with Crippen LogP contribution in [0.3, 0.4) is 0 Å². The Morgan fingerprint density at radius 2 is 2.14 bits per heavy atom. The van der Waals surface area contributed by atoms with E-state index in [1.165, 1.54) is 0 Å². The molecule has 0 aliphatic heterocycles. The minimum absolute atomic E-state index is 0.224. The van der Waals surface area contributed by atoms with Gasteiger partial charge in [-0.3, -0.25) is 4.90 Å². The first kappa shape index (κ1) is 17.7. The van der Waals surface area contributed by atoms with E-state index in [-0.39, 0.29) is 5.84 Å². The van der Waals surface area contributed by atoms with Gasteiger partial charge in [0, 0.05) is 37.6 Å². The average Bonchev–Trinajstić information content (AvgIpc) is 2.51. The minimum Gasteiger partial charge on any atom is -0.497 e. The third kappa shape index (κ3) is 6.33. The molecule has 6 nitrogen and oxygen atoms in total. The highest BCUT2D eigenvalue weighted by atomic mass is 79.9. The Labute approximate surface area is 133 Å². The van der Waals surface area contributed by atoms with Crippen LogP contribution in [0.5, 0.6) is 5.75 Å². The summed E-state index contributed by atoms with van der Waals surface area (Å²) >= 11 is 3.55. The Bertz CT molecular complexity index is 469. The van der Waals surface area contributed by atoms with Crippen LogP contribution in [0.1, 0.15) is 12.0 Å². The number of ether oxygens (including phenoxy) is 2. The fourth-order valence-electron chi connectivity index (χ4n) is 1.85. The van der Waals surface area contributed by atoms with Crippen molar-refractivity contribution in [1.82, 2.24) is 4.90 Å². The molecule has 1 rings (SSSR count). The van der Waals surface area contributed by atoms with Crippen LogP contribution in [0.4, 0.5) is 0 Å². The van der Waals surface area contributed by atoms with Gasteiger partial charge < -0.3 is 20.4 Å². The van der Waals surface area contributed by atoms with E-state index in [0.717, 1.165) is 28.9 Å². The van der Waals surface area contributed by atoms with E-state index in [1.54, 1.807) is 14.2 Å². The van der Waals surface area contributed by atoms with Gasteiger partial charge in [0.05, 0.1) is 13.7 Å². The minimum atomic E-state index is 0.224. The third-order valence-electron chi connectivity index (χ3n) is 3.07. The molecular formula is C14H22BrN3O3. The molecule has 1 aromatic rings. The van der Waals surface area contributed by atoms with Crippen molar-refractivity contribution in [3.05, 3.63) is 28.2 Å². The van der Waals surface area contributed by atoms with Gasteiger partial charge >= 0.3 is 0 Å². The summed E-state index contributed by atoms with van der Waals surface area (Å²) in [6.45, 7) is 2.79. The molecule has 0 unspecified atom stereocenters. The van der Waals surface area contributed by atoms with Gasteiger partial charge in [0.1, 0.15) is 11.6 Å². The molecule has 0 saturated heterocycles. The molecule has 0 aromatic heterocycles. The largest absolute Gasteiger partial charge is 0.497 e. The summed E-state index contributed by atoms with van der Waals surface area (Å²) in [5.74, 6) is 1.04. The van der Waals surface area contributed by atoms with E-state index in [4.69, 9.17) is 20.4 Å². The number of hydrogen-bond acceptors (Lipinski definition) is 5. The van der Waals surface area contributed by atoms with Crippen molar-refractivity contribution >= 4 is 21.8 Å². The monoisotopic (exact) mass is 359 g/mol. The lowest BCUT2D eigenvalue weighted by atomic mass is 10.2. The van der Waals surface area contributed by atoms with Crippen LogP contribution in [0.2, 0.25) is 0 Å². The number of halogens is 1. The lowest BCUT2D eigenvalue weighted by Crippen LogP contribution is -2.31. The Morgan fingerprint density at radius 3 is 2.76 bits per heavy atom. The molecule has 0 bridgehead atoms. The van der Waals surface area contributed by atoms with Crippen molar-refractivity contribution in [2.75, 3.05) is 33.9 Å². The third-order valence-corrected chi connectivity index (χ3v) is 3.84. The number of methoxy groups -OCH3 is 2. The van der Waals surface area contributed by atoms with E-state index in [9.17, 15) is 0 Å². The van der Waals surface area contributed by atoms with Gasteiger partial charge in [0.2, 0.25) is 0 Å². The number of oxime groups is 1. The van der Waals surface area contributed by atoms with E-state index in [1.807, 2.05) is 18.2 Å². The first-order valence-corrected chi connectivity index (χ1v) is 7.40. The van der Waals surface area contributed by atoms with Crippen LogP contribution in [-0.4, -0.2) is 49.9 Å². The summed E-state index contributed by atoms with van der Waals surface area (Å²) in [5, 5.41) is 11.6. The number of amidine groups is 1. The van der Waals surface area contributed by atoms with Gasteiger partial charge in [-0.1, -0.05) is 21.1 Å². The zero-order valence-electron chi connectivity index (χ0n) is 12.4. The second-order valence-electron chi connectivity index (χ2n) is 4.57. The van der Waals surface area contributed by atoms with Crippen molar-refractivity contribution in [2.24, 2.45) is 10.9 Å². The normalized spacial score (nSPS) is 11.9. The zero-order valence-corrected chi connectivity index (χ0v) is 14.0. The lowest BCUT2D eigenvalue weighted by Gasteiger charge is -2.22. The van der Waals surface area contributed by atoms with Crippen LogP contribution >= 0.6 is 15.9 Å². The molecule has 0 fully saturated rings. The number of nitrogens with zero attached hydrogens (tertiary/aromatic N) is 2. The van der Waals surface area contributed by atoms with Crippen LogP contribution in [-0.2, 0) is 11.3 Å². The lowest BCUT2D eigenvalue weighted by molar-refractivity contribution is 0.145. The van der Waals surface area contributed by atoms with Crippen molar-refractivity contribution < 1.29 is 14.7 Å². The van der Waals surface area contributed by atoms with Crippen LogP contribution in [0.25, 0.3) is 0 Å². The Hall–Kier alpha value is -1.31. The first-order chi connectivity index (χ1) is 10.1. The van der Waals surface area contributed by atoms with E-state index >= 15 is 0 Å². The molecule has 0 radical (unpaired) electrons. The predicted molar refractivity (Wildman–Crippen MR) is 85.9 cm³/mol. The first-order valence-electron chi connectivity index (χ1n) is 6.60. The van der Waals surface area contributed by atoms with Gasteiger partial charge in [-0.15, -0.1) is 0 Å². The summed E-state index contributed by atoms with van der Waals surface area (Å²) in [5.41, 5.74) is 6.65. The van der Waals surface area contributed by atoms with Crippen LogP contribution < -0.4 is 10.5 Å². The molecule has 3 N–H and O–H groups in total. The fourth-order valence-corrected chi connectivity index (χ4v) is 2.23.